The molecule has 0 saturated heterocycles. The van der Waals surface area contributed by atoms with Crippen LogP contribution in [0.15, 0.2) is 11.8 Å². The molecule has 0 aromatic carbocycles. The fourth-order valence-corrected chi connectivity index (χ4v) is 1.39. The Balaban J connectivity index is 4.13. The molecule has 0 spiro atoms. The van der Waals surface area contributed by atoms with E-state index in [9.17, 15) is 4.79 Å². The van der Waals surface area contributed by atoms with Gasteiger partial charge in [0.2, 0.25) is 0 Å². The molecule has 0 heterocycles. The minimum absolute atomic E-state index is 0.840. The predicted molar refractivity (Wildman–Crippen MR) is 61.2 cm³/mol. The van der Waals surface area contributed by atoms with Gasteiger partial charge in [-0.25, -0.2) is 0 Å². The average molecular weight is 197 g/mol. The van der Waals surface area contributed by atoms with Crippen LogP contribution in [0.1, 0.15) is 46.5 Å². The van der Waals surface area contributed by atoms with E-state index in [1.54, 1.807) is 0 Å². The van der Waals surface area contributed by atoms with E-state index in [2.05, 4.69) is 18.7 Å². The first kappa shape index (κ1) is 13.2. The van der Waals surface area contributed by atoms with Crippen LogP contribution >= 0.6 is 0 Å². The molecule has 0 aliphatic heterocycles. The van der Waals surface area contributed by atoms with Crippen LogP contribution in [0.25, 0.3) is 0 Å². The Labute approximate surface area is 88.0 Å². The summed E-state index contributed by atoms with van der Waals surface area (Å²) >= 11 is 0. The number of unbranched alkanes of at least 4 members (excludes halogenated alkanes) is 2. The highest BCUT2D eigenvalue weighted by Crippen LogP contribution is 2.06. The normalized spacial score (nSPS) is 11.5. The second kappa shape index (κ2) is 8.79. The molecular weight excluding hydrogens is 174 g/mol. The summed E-state index contributed by atoms with van der Waals surface area (Å²) in [7, 11) is 0. The molecule has 0 amide bonds. The predicted octanol–water partition coefficient (Wildman–Crippen LogP) is 2.99. The third kappa shape index (κ3) is 5.05. The molecule has 0 aromatic rings. The van der Waals surface area contributed by atoms with Crippen molar-refractivity contribution < 1.29 is 4.79 Å². The van der Waals surface area contributed by atoms with Gasteiger partial charge in [0.1, 0.15) is 0 Å². The summed E-state index contributed by atoms with van der Waals surface area (Å²) in [6.07, 6.45) is 7.55. The first-order valence-electron chi connectivity index (χ1n) is 5.66. The van der Waals surface area contributed by atoms with Crippen molar-refractivity contribution in [3.8, 4) is 0 Å². The quantitative estimate of drug-likeness (QED) is 0.440. The van der Waals surface area contributed by atoms with Gasteiger partial charge in [-0.3, -0.25) is 4.79 Å². The number of hydrogen-bond donors (Lipinski definition) is 0. The zero-order valence-electron chi connectivity index (χ0n) is 9.75. The van der Waals surface area contributed by atoms with Crippen molar-refractivity contribution in [2.24, 2.45) is 0 Å². The van der Waals surface area contributed by atoms with E-state index in [4.69, 9.17) is 0 Å². The molecule has 2 heteroatoms. The number of nitrogens with zero attached hydrogens (tertiary/aromatic N) is 1. The van der Waals surface area contributed by atoms with Crippen molar-refractivity contribution in [3.63, 3.8) is 0 Å². The molecule has 0 N–H and O–H groups in total. The van der Waals surface area contributed by atoms with Crippen LogP contribution in [-0.4, -0.2) is 24.3 Å². The van der Waals surface area contributed by atoms with Crippen molar-refractivity contribution in [1.29, 1.82) is 0 Å². The first-order chi connectivity index (χ1) is 6.79. The molecule has 0 fully saturated rings. The van der Waals surface area contributed by atoms with E-state index in [0.717, 1.165) is 37.9 Å². The van der Waals surface area contributed by atoms with Crippen molar-refractivity contribution in [1.82, 2.24) is 4.90 Å². The van der Waals surface area contributed by atoms with Gasteiger partial charge in [0.15, 0.2) is 6.29 Å². The van der Waals surface area contributed by atoms with Crippen LogP contribution in [0, 0.1) is 0 Å². The molecule has 0 aromatic heterocycles. The van der Waals surface area contributed by atoms with E-state index in [0.29, 0.717) is 0 Å². The van der Waals surface area contributed by atoms with Crippen LogP contribution in [0.4, 0.5) is 0 Å². The van der Waals surface area contributed by atoms with Gasteiger partial charge < -0.3 is 4.90 Å². The van der Waals surface area contributed by atoms with Crippen LogP contribution in [0.3, 0.4) is 0 Å². The minimum atomic E-state index is 0.840. The molecule has 0 aliphatic carbocycles. The fourth-order valence-electron chi connectivity index (χ4n) is 1.39. The van der Waals surface area contributed by atoms with Gasteiger partial charge in [0, 0.05) is 13.1 Å². The molecule has 0 bridgehead atoms. The lowest BCUT2D eigenvalue weighted by atomic mass is 10.2. The lowest BCUT2D eigenvalue weighted by Gasteiger charge is -2.23. The second-order valence-electron chi connectivity index (χ2n) is 3.53. The number of carbonyl (C=O) groups excluding carboxylic acids is 1. The topological polar surface area (TPSA) is 20.3 Å². The van der Waals surface area contributed by atoms with E-state index in [-0.39, 0.29) is 0 Å². The van der Waals surface area contributed by atoms with Crippen LogP contribution in [-0.2, 0) is 4.79 Å². The van der Waals surface area contributed by atoms with E-state index >= 15 is 0 Å². The summed E-state index contributed by atoms with van der Waals surface area (Å²) in [5.74, 6) is 0. The molecule has 0 rings (SSSR count). The van der Waals surface area contributed by atoms with Crippen LogP contribution in [0.5, 0.6) is 0 Å². The Kier molecular flexibility index (Phi) is 8.30. The van der Waals surface area contributed by atoms with Gasteiger partial charge in [-0.2, -0.15) is 0 Å². The number of rotatable bonds is 8. The fraction of sp³-hybridized carbons (Fsp3) is 0.750. The summed E-state index contributed by atoms with van der Waals surface area (Å²) in [5, 5.41) is 0. The van der Waals surface area contributed by atoms with Crippen molar-refractivity contribution in [2.45, 2.75) is 46.5 Å². The van der Waals surface area contributed by atoms with Crippen molar-refractivity contribution in [3.05, 3.63) is 11.8 Å². The van der Waals surface area contributed by atoms with Crippen LogP contribution < -0.4 is 0 Å². The third-order valence-corrected chi connectivity index (χ3v) is 2.34. The molecule has 2 nitrogen and oxygen atoms in total. The van der Waals surface area contributed by atoms with Gasteiger partial charge in [-0.1, -0.05) is 32.8 Å². The number of allylic oxidation sites excluding steroid dienone is 2. The zero-order valence-corrected chi connectivity index (χ0v) is 9.75. The second-order valence-corrected chi connectivity index (χ2v) is 3.53. The van der Waals surface area contributed by atoms with Gasteiger partial charge in [0.05, 0.1) is 5.70 Å². The zero-order chi connectivity index (χ0) is 10.8. The SMILES string of the molecule is CC=C(C=O)N(CCCC)CCCC. The van der Waals surface area contributed by atoms with E-state index < -0.39 is 0 Å². The Bertz CT molecular complexity index is 167. The molecule has 0 radical (unpaired) electrons. The van der Waals surface area contributed by atoms with Gasteiger partial charge in [0.25, 0.3) is 0 Å². The molecule has 0 saturated carbocycles. The molecule has 82 valence electrons. The average Bonchev–Trinajstić information content (AvgIpc) is 2.22. The van der Waals surface area contributed by atoms with E-state index in [1.807, 2.05) is 13.0 Å². The molecule has 0 aliphatic rings. The monoisotopic (exact) mass is 197 g/mol. The minimum Gasteiger partial charge on any atom is -0.369 e. The summed E-state index contributed by atoms with van der Waals surface area (Å²) < 4.78 is 0. The standard InChI is InChI=1S/C12H23NO/c1-4-7-9-13(10-8-5-2)12(6-3)11-14/h6,11H,4-5,7-10H2,1-3H3. The van der Waals surface area contributed by atoms with E-state index in [1.165, 1.54) is 12.8 Å². The molecule has 0 atom stereocenters. The summed E-state index contributed by atoms with van der Waals surface area (Å²) in [5.41, 5.74) is 0.840. The van der Waals surface area contributed by atoms with Crippen LogP contribution in [0.2, 0.25) is 0 Å². The highest BCUT2D eigenvalue weighted by Gasteiger charge is 2.06. The summed E-state index contributed by atoms with van der Waals surface area (Å²) in [6, 6.07) is 0. The van der Waals surface area contributed by atoms with Gasteiger partial charge >= 0.3 is 0 Å². The van der Waals surface area contributed by atoms with Gasteiger partial charge in [-0.05, 0) is 19.8 Å². The largest absolute Gasteiger partial charge is 0.369 e. The number of carbonyl (C=O) groups is 1. The molecule has 0 unspecified atom stereocenters. The lowest BCUT2D eigenvalue weighted by Crippen LogP contribution is -2.26. The first-order valence-corrected chi connectivity index (χ1v) is 5.66. The Morgan fingerprint density at radius 3 is 1.93 bits per heavy atom. The number of aldehydes is 1. The maximum Gasteiger partial charge on any atom is 0.165 e. The Hall–Kier alpha value is -0.790. The Morgan fingerprint density at radius 1 is 1.14 bits per heavy atom. The molecular formula is C12H23NO. The smallest absolute Gasteiger partial charge is 0.165 e. The highest BCUT2D eigenvalue weighted by atomic mass is 16.1. The van der Waals surface area contributed by atoms with Crippen molar-refractivity contribution >= 4 is 6.29 Å². The lowest BCUT2D eigenvalue weighted by molar-refractivity contribution is -0.106. The van der Waals surface area contributed by atoms with Gasteiger partial charge in [-0.15, -0.1) is 0 Å². The van der Waals surface area contributed by atoms with Crippen molar-refractivity contribution in [2.75, 3.05) is 13.1 Å². The third-order valence-electron chi connectivity index (χ3n) is 2.34. The maximum atomic E-state index is 10.8. The summed E-state index contributed by atoms with van der Waals surface area (Å²) in [6.45, 7) is 8.29. The Morgan fingerprint density at radius 2 is 1.64 bits per heavy atom. The number of hydrogen-bond acceptors (Lipinski definition) is 2. The summed E-state index contributed by atoms with van der Waals surface area (Å²) in [4.78, 5) is 13.0. The molecule has 14 heavy (non-hydrogen) atoms. The maximum absolute atomic E-state index is 10.8. The highest BCUT2D eigenvalue weighted by molar-refractivity contribution is 5.72.